The molecule has 43 heavy (non-hydrogen) atoms. The maximum atomic E-state index is 14.8. The second-order valence-electron chi connectivity index (χ2n) is 13.8. The van der Waals surface area contributed by atoms with Gasteiger partial charge < -0.3 is 19.6 Å². The zero-order valence-electron chi connectivity index (χ0n) is 26.7. The Bertz CT molecular complexity index is 1540. The van der Waals surface area contributed by atoms with E-state index in [1.54, 1.807) is 6.92 Å². The van der Waals surface area contributed by atoms with Gasteiger partial charge in [0.1, 0.15) is 6.33 Å². The molecule has 0 bridgehead atoms. The number of carboxylic acid groups (broad SMARTS) is 1. The highest BCUT2D eigenvalue weighted by molar-refractivity contribution is 5.88. The minimum absolute atomic E-state index is 0.224. The van der Waals surface area contributed by atoms with Crippen molar-refractivity contribution in [1.29, 1.82) is 0 Å². The topological polar surface area (TPSA) is 91.7 Å². The van der Waals surface area contributed by atoms with E-state index in [-0.39, 0.29) is 11.2 Å². The van der Waals surface area contributed by atoms with Gasteiger partial charge >= 0.3 is 5.97 Å². The molecule has 1 fully saturated rings. The lowest BCUT2D eigenvalue weighted by molar-refractivity contribution is -0.160. The minimum atomic E-state index is -1.16. The van der Waals surface area contributed by atoms with Crippen molar-refractivity contribution in [2.45, 2.75) is 92.9 Å². The molecule has 2 aliphatic heterocycles. The molecule has 9 heteroatoms. The third-order valence-corrected chi connectivity index (χ3v) is 8.72. The quantitative estimate of drug-likeness (QED) is 0.338. The molecule has 0 aliphatic carbocycles. The molecule has 0 spiro atoms. The summed E-state index contributed by atoms with van der Waals surface area (Å²) in [4.78, 5) is 30.2. The smallest absolute Gasteiger partial charge is 0.337 e. The lowest BCUT2D eigenvalue weighted by Gasteiger charge is -2.41. The maximum Gasteiger partial charge on any atom is 0.337 e. The molecule has 1 aromatic carbocycles. The Labute approximate surface area is 254 Å². The highest BCUT2D eigenvalue weighted by Crippen LogP contribution is 2.45. The number of fused-ring (bicyclic) bond motifs is 1. The number of aromatic nitrogens is 3. The predicted octanol–water partition coefficient (Wildman–Crippen LogP) is 6.73. The van der Waals surface area contributed by atoms with Gasteiger partial charge in [0.05, 0.1) is 17.0 Å². The van der Waals surface area contributed by atoms with Gasteiger partial charge in [-0.2, -0.15) is 0 Å². The van der Waals surface area contributed by atoms with Gasteiger partial charge in [-0.3, -0.25) is 4.98 Å². The van der Waals surface area contributed by atoms with Crippen molar-refractivity contribution in [3.8, 4) is 11.1 Å². The van der Waals surface area contributed by atoms with Crippen LogP contribution in [0.2, 0.25) is 0 Å². The SMILES string of the molecule is Cc1ncnc(N2CCc3cc(-c4c(C)nc(C)c([C@H](OC(C)(C)C)C(=O)O)c4N4CCC(C)(C)CC4)ccc3C2)c1F. The van der Waals surface area contributed by atoms with Gasteiger partial charge in [0.15, 0.2) is 17.7 Å². The van der Waals surface area contributed by atoms with Gasteiger partial charge in [-0.1, -0.05) is 32.0 Å². The third kappa shape index (κ3) is 6.37. The Morgan fingerprint density at radius 3 is 2.35 bits per heavy atom. The first kappa shape index (κ1) is 30.9. The summed E-state index contributed by atoms with van der Waals surface area (Å²) in [6, 6.07) is 6.39. The molecular formula is C34H44FN5O3. The maximum absolute atomic E-state index is 14.8. The fraction of sp³-hybridized carbons (Fsp3) is 0.529. The third-order valence-electron chi connectivity index (χ3n) is 8.72. The Morgan fingerprint density at radius 1 is 1.00 bits per heavy atom. The monoisotopic (exact) mass is 589 g/mol. The summed E-state index contributed by atoms with van der Waals surface area (Å²) in [6.07, 6.45) is 2.99. The molecule has 2 aliphatic rings. The summed E-state index contributed by atoms with van der Waals surface area (Å²) < 4.78 is 21.0. The second-order valence-corrected chi connectivity index (χ2v) is 13.8. The largest absolute Gasteiger partial charge is 0.479 e. The molecule has 0 amide bonds. The van der Waals surface area contributed by atoms with E-state index in [9.17, 15) is 14.3 Å². The standard InChI is InChI=1S/C34H44FN5O3/c1-20-26(24-9-10-25-18-40(14-11-23(25)17-24)31-28(35)22(3)36-19-37-31)29(39-15-12-34(7,8)13-16-39)27(21(2)38-20)30(32(41)42)43-33(4,5)6/h9-10,17,19,30H,11-16,18H2,1-8H3,(H,41,42)/t30-/m0/s1. The number of carboxylic acids is 1. The molecular weight excluding hydrogens is 545 g/mol. The Morgan fingerprint density at radius 2 is 1.70 bits per heavy atom. The van der Waals surface area contributed by atoms with Gasteiger partial charge in [-0.05, 0) is 82.9 Å². The van der Waals surface area contributed by atoms with Crippen molar-refractivity contribution in [3.63, 3.8) is 0 Å². The van der Waals surface area contributed by atoms with Crippen LogP contribution in [-0.4, -0.2) is 51.3 Å². The number of hydrogen-bond donors (Lipinski definition) is 1. The molecule has 3 aromatic rings. The highest BCUT2D eigenvalue weighted by atomic mass is 19.1. The predicted molar refractivity (Wildman–Crippen MR) is 167 cm³/mol. The van der Waals surface area contributed by atoms with Gasteiger partial charge in [0, 0.05) is 48.7 Å². The molecule has 0 saturated carbocycles. The van der Waals surface area contributed by atoms with Crippen molar-refractivity contribution in [3.05, 3.63) is 64.1 Å². The number of hydrogen-bond acceptors (Lipinski definition) is 7. The van der Waals surface area contributed by atoms with E-state index in [1.807, 2.05) is 39.5 Å². The fourth-order valence-electron chi connectivity index (χ4n) is 6.31. The van der Waals surface area contributed by atoms with Crippen LogP contribution < -0.4 is 9.80 Å². The number of aliphatic carboxylic acids is 1. The average molecular weight is 590 g/mol. The summed E-state index contributed by atoms with van der Waals surface area (Å²) in [5, 5.41) is 10.5. The molecule has 0 radical (unpaired) electrons. The van der Waals surface area contributed by atoms with E-state index in [0.717, 1.165) is 60.4 Å². The molecule has 0 unspecified atom stereocenters. The van der Waals surface area contributed by atoms with Crippen molar-refractivity contribution in [2.24, 2.45) is 5.41 Å². The number of pyridine rings is 1. The molecule has 1 N–H and O–H groups in total. The summed E-state index contributed by atoms with van der Waals surface area (Å²) in [6.45, 7) is 18.6. The van der Waals surface area contributed by atoms with Crippen molar-refractivity contribution < 1.29 is 19.0 Å². The number of aryl methyl sites for hydroxylation is 3. The lowest BCUT2D eigenvalue weighted by atomic mass is 9.81. The summed E-state index contributed by atoms with van der Waals surface area (Å²) in [5.74, 6) is -1.07. The number of piperidine rings is 1. The molecule has 4 heterocycles. The van der Waals surface area contributed by atoms with Crippen LogP contribution in [-0.2, 0) is 22.5 Å². The number of carbonyl (C=O) groups is 1. The van der Waals surface area contributed by atoms with Crippen LogP contribution in [0.5, 0.6) is 0 Å². The van der Waals surface area contributed by atoms with E-state index in [0.29, 0.717) is 35.9 Å². The van der Waals surface area contributed by atoms with Crippen LogP contribution in [0.4, 0.5) is 15.9 Å². The number of ether oxygens (including phenoxy) is 1. The van der Waals surface area contributed by atoms with E-state index in [1.165, 1.54) is 11.9 Å². The van der Waals surface area contributed by atoms with Crippen LogP contribution in [0.25, 0.3) is 11.1 Å². The average Bonchev–Trinajstić information content (AvgIpc) is 2.92. The zero-order valence-corrected chi connectivity index (χ0v) is 26.7. The van der Waals surface area contributed by atoms with Crippen LogP contribution in [0.1, 0.15) is 87.3 Å². The molecule has 2 aromatic heterocycles. The number of halogens is 1. The first-order chi connectivity index (χ1) is 20.1. The first-order valence-electron chi connectivity index (χ1n) is 15.2. The van der Waals surface area contributed by atoms with Crippen molar-refractivity contribution in [1.82, 2.24) is 15.0 Å². The van der Waals surface area contributed by atoms with Gasteiger partial charge in [0.2, 0.25) is 0 Å². The molecule has 5 rings (SSSR count). The van der Waals surface area contributed by atoms with E-state index in [2.05, 4.69) is 46.9 Å². The number of benzene rings is 1. The van der Waals surface area contributed by atoms with Gasteiger partial charge in [-0.15, -0.1) is 0 Å². The Balaban J connectivity index is 1.62. The summed E-state index contributed by atoms with van der Waals surface area (Å²) in [5.41, 5.74) is 7.22. The Kier molecular flexibility index (Phi) is 8.24. The second kappa shape index (κ2) is 11.5. The minimum Gasteiger partial charge on any atom is -0.479 e. The summed E-state index contributed by atoms with van der Waals surface area (Å²) in [7, 11) is 0. The first-order valence-corrected chi connectivity index (χ1v) is 15.2. The Hall–Kier alpha value is -3.59. The molecule has 1 atom stereocenters. The highest BCUT2D eigenvalue weighted by Gasteiger charge is 2.36. The number of nitrogens with zero attached hydrogens (tertiary/aromatic N) is 5. The fourth-order valence-corrected chi connectivity index (χ4v) is 6.31. The van der Waals surface area contributed by atoms with Crippen LogP contribution in [0.3, 0.4) is 0 Å². The van der Waals surface area contributed by atoms with Crippen LogP contribution in [0, 0.1) is 32.0 Å². The van der Waals surface area contributed by atoms with E-state index < -0.39 is 17.7 Å². The van der Waals surface area contributed by atoms with Crippen LogP contribution in [0.15, 0.2) is 24.5 Å². The molecule has 8 nitrogen and oxygen atoms in total. The van der Waals surface area contributed by atoms with Crippen LogP contribution >= 0.6 is 0 Å². The zero-order chi connectivity index (χ0) is 31.3. The normalized spacial score (nSPS) is 17.5. The number of rotatable bonds is 6. The number of anilines is 2. The van der Waals surface area contributed by atoms with E-state index >= 15 is 0 Å². The van der Waals surface area contributed by atoms with Gasteiger partial charge in [-0.25, -0.2) is 19.2 Å². The molecule has 230 valence electrons. The van der Waals surface area contributed by atoms with E-state index in [4.69, 9.17) is 9.72 Å². The summed E-state index contributed by atoms with van der Waals surface area (Å²) >= 11 is 0. The van der Waals surface area contributed by atoms with Gasteiger partial charge in [0.25, 0.3) is 0 Å². The van der Waals surface area contributed by atoms with Crippen molar-refractivity contribution >= 4 is 17.5 Å². The molecule has 1 saturated heterocycles. The van der Waals surface area contributed by atoms with Crippen molar-refractivity contribution in [2.75, 3.05) is 29.4 Å². The lowest BCUT2D eigenvalue weighted by Crippen LogP contribution is -2.39.